The van der Waals surface area contributed by atoms with E-state index in [9.17, 15) is 9.90 Å². The molecule has 1 atom stereocenters. The Morgan fingerprint density at radius 1 is 1.59 bits per heavy atom. The number of phenols is 1. The smallest absolute Gasteiger partial charge is 0.247 e. The van der Waals surface area contributed by atoms with Crippen LogP contribution < -0.4 is 15.8 Å². The summed E-state index contributed by atoms with van der Waals surface area (Å²) in [5, 5.41) is 21.6. The number of hydrogen-bond acceptors (Lipinski definition) is 5. The highest BCUT2D eigenvalue weighted by atomic mass is 16.5. The first-order valence-electron chi connectivity index (χ1n) is 5.08. The van der Waals surface area contributed by atoms with Crippen LogP contribution in [0, 0.1) is 0 Å². The number of phenolic OH excluding ortho intramolecular Hbond substituents is 1. The van der Waals surface area contributed by atoms with Crippen molar-refractivity contribution in [3.8, 4) is 11.5 Å². The standard InChI is InChI=1S/C11H16N2O4/c1-17-8-3-2-7(9(14)4-8)5-13-6-10(15)11(12)16/h2-4,10,13-15H,5-6H2,1H3,(H2,12,16). The van der Waals surface area contributed by atoms with Crippen LogP contribution in [0.25, 0.3) is 0 Å². The van der Waals surface area contributed by atoms with Crippen molar-refractivity contribution in [1.82, 2.24) is 5.32 Å². The van der Waals surface area contributed by atoms with Crippen LogP contribution in [-0.2, 0) is 11.3 Å². The van der Waals surface area contributed by atoms with Gasteiger partial charge in [-0.1, -0.05) is 6.07 Å². The summed E-state index contributed by atoms with van der Waals surface area (Å²) in [5.74, 6) is -0.134. The first-order chi connectivity index (χ1) is 8.04. The molecular formula is C11H16N2O4. The molecule has 0 heterocycles. The largest absolute Gasteiger partial charge is 0.507 e. The van der Waals surface area contributed by atoms with Gasteiger partial charge in [-0.05, 0) is 6.07 Å². The van der Waals surface area contributed by atoms with E-state index in [0.29, 0.717) is 17.9 Å². The zero-order chi connectivity index (χ0) is 12.8. The minimum Gasteiger partial charge on any atom is -0.507 e. The molecule has 94 valence electrons. The molecule has 0 radical (unpaired) electrons. The van der Waals surface area contributed by atoms with Gasteiger partial charge >= 0.3 is 0 Å². The molecule has 1 unspecified atom stereocenters. The Labute approximate surface area is 99.0 Å². The minimum atomic E-state index is -1.23. The molecule has 5 N–H and O–H groups in total. The molecule has 0 spiro atoms. The average Bonchev–Trinajstić information content (AvgIpc) is 2.30. The molecule has 0 aliphatic rings. The Hall–Kier alpha value is -1.79. The Morgan fingerprint density at radius 2 is 2.29 bits per heavy atom. The Morgan fingerprint density at radius 3 is 2.82 bits per heavy atom. The summed E-state index contributed by atoms with van der Waals surface area (Å²) in [6, 6.07) is 4.89. The van der Waals surface area contributed by atoms with E-state index in [1.807, 2.05) is 0 Å². The minimum absolute atomic E-state index is 0.0425. The van der Waals surface area contributed by atoms with Gasteiger partial charge in [-0.15, -0.1) is 0 Å². The molecule has 1 amide bonds. The van der Waals surface area contributed by atoms with E-state index < -0.39 is 12.0 Å². The van der Waals surface area contributed by atoms with Crippen molar-refractivity contribution in [2.45, 2.75) is 12.6 Å². The van der Waals surface area contributed by atoms with Gasteiger partial charge in [0.15, 0.2) is 0 Å². The molecule has 6 heteroatoms. The maximum atomic E-state index is 10.6. The fourth-order valence-electron chi connectivity index (χ4n) is 1.26. The van der Waals surface area contributed by atoms with Crippen molar-refractivity contribution >= 4 is 5.91 Å². The topological polar surface area (TPSA) is 105 Å². The molecule has 0 saturated heterocycles. The fraction of sp³-hybridized carbons (Fsp3) is 0.364. The lowest BCUT2D eigenvalue weighted by atomic mass is 10.2. The number of aliphatic hydroxyl groups is 1. The normalized spacial score (nSPS) is 12.1. The second kappa shape index (κ2) is 6.07. The maximum absolute atomic E-state index is 10.6. The third kappa shape index (κ3) is 3.93. The Bertz CT molecular complexity index is 395. The van der Waals surface area contributed by atoms with Crippen molar-refractivity contribution in [3.05, 3.63) is 23.8 Å². The number of nitrogens with two attached hydrogens (primary N) is 1. The number of amides is 1. The quantitative estimate of drug-likeness (QED) is 0.528. The van der Waals surface area contributed by atoms with E-state index >= 15 is 0 Å². The number of aliphatic hydroxyl groups excluding tert-OH is 1. The van der Waals surface area contributed by atoms with Gasteiger partial charge in [-0.25, -0.2) is 0 Å². The van der Waals surface area contributed by atoms with Crippen molar-refractivity contribution in [2.24, 2.45) is 5.73 Å². The highest BCUT2D eigenvalue weighted by Gasteiger charge is 2.10. The summed E-state index contributed by atoms with van der Waals surface area (Å²) in [7, 11) is 1.51. The molecule has 0 aliphatic heterocycles. The van der Waals surface area contributed by atoms with Crippen molar-refractivity contribution in [1.29, 1.82) is 0 Å². The summed E-state index contributed by atoms with van der Waals surface area (Å²) in [4.78, 5) is 10.6. The predicted octanol–water partition coefficient (Wildman–Crippen LogP) is -0.663. The Balaban J connectivity index is 2.49. The molecule has 6 nitrogen and oxygen atoms in total. The highest BCUT2D eigenvalue weighted by Crippen LogP contribution is 2.22. The van der Waals surface area contributed by atoms with Crippen LogP contribution in [0.15, 0.2) is 18.2 Å². The number of primary amides is 1. The molecule has 0 saturated carbocycles. The summed E-state index contributed by atoms with van der Waals surface area (Å²) in [6.07, 6.45) is -1.23. The van der Waals surface area contributed by atoms with Crippen LogP contribution in [0.1, 0.15) is 5.56 Å². The predicted molar refractivity (Wildman–Crippen MR) is 61.6 cm³/mol. The van der Waals surface area contributed by atoms with E-state index in [1.54, 1.807) is 12.1 Å². The van der Waals surface area contributed by atoms with Gasteiger partial charge in [0.2, 0.25) is 5.91 Å². The monoisotopic (exact) mass is 240 g/mol. The average molecular weight is 240 g/mol. The highest BCUT2D eigenvalue weighted by molar-refractivity contribution is 5.78. The number of benzene rings is 1. The van der Waals surface area contributed by atoms with E-state index in [-0.39, 0.29) is 12.3 Å². The Kier molecular flexibility index (Phi) is 4.74. The van der Waals surface area contributed by atoms with Crippen LogP contribution in [0.4, 0.5) is 0 Å². The van der Waals surface area contributed by atoms with Gasteiger partial charge < -0.3 is 26.0 Å². The molecule has 0 aromatic heterocycles. The lowest BCUT2D eigenvalue weighted by Crippen LogP contribution is -2.37. The third-order valence-electron chi connectivity index (χ3n) is 2.27. The van der Waals surface area contributed by atoms with Gasteiger partial charge in [0, 0.05) is 24.7 Å². The van der Waals surface area contributed by atoms with Crippen LogP contribution in [0.3, 0.4) is 0 Å². The number of carbonyl (C=O) groups is 1. The molecule has 0 fully saturated rings. The molecule has 17 heavy (non-hydrogen) atoms. The number of carbonyl (C=O) groups excluding carboxylic acids is 1. The van der Waals surface area contributed by atoms with Crippen molar-refractivity contribution in [3.63, 3.8) is 0 Å². The third-order valence-corrected chi connectivity index (χ3v) is 2.27. The number of rotatable bonds is 6. The van der Waals surface area contributed by atoms with E-state index in [1.165, 1.54) is 13.2 Å². The van der Waals surface area contributed by atoms with Crippen LogP contribution in [0.2, 0.25) is 0 Å². The molecule has 0 aliphatic carbocycles. The fourth-order valence-corrected chi connectivity index (χ4v) is 1.26. The summed E-state index contributed by atoms with van der Waals surface area (Å²) in [5.41, 5.74) is 5.53. The number of aromatic hydroxyl groups is 1. The molecule has 1 rings (SSSR count). The SMILES string of the molecule is COc1ccc(CNCC(O)C(N)=O)c(O)c1. The second-order valence-electron chi connectivity index (χ2n) is 3.54. The number of methoxy groups -OCH3 is 1. The van der Waals surface area contributed by atoms with E-state index in [0.717, 1.165) is 0 Å². The molecular weight excluding hydrogens is 224 g/mol. The van der Waals surface area contributed by atoms with Gasteiger partial charge in [-0.2, -0.15) is 0 Å². The molecule has 1 aromatic carbocycles. The van der Waals surface area contributed by atoms with Crippen molar-refractivity contribution in [2.75, 3.05) is 13.7 Å². The van der Waals surface area contributed by atoms with Gasteiger partial charge in [0.25, 0.3) is 0 Å². The number of hydrogen-bond donors (Lipinski definition) is 4. The molecule has 0 bridgehead atoms. The summed E-state index contributed by atoms with van der Waals surface area (Å²) < 4.78 is 4.94. The van der Waals surface area contributed by atoms with Crippen LogP contribution in [-0.4, -0.2) is 35.9 Å². The zero-order valence-electron chi connectivity index (χ0n) is 9.51. The van der Waals surface area contributed by atoms with Crippen LogP contribution in [0.5, 0.6) is 11.5 Å². The second-order valence-corrected chi connectivity index (χ2v) is 3.54. The van der Waals surface area contributed by atoms with Gasteiger partial charge in [0.1, 0.15) is 17.6 Å². The zero-order valence-corrected chi connectivity index (χ0v) is 9.51. The first-order valence-corrected chi connectivity index (χ1v) is 5.08. The van der Waals surface area contributed by atoms with Crippen LogP contribution >= 0.6 is 0 Å². The maximum Gasteiger partial charge on any atom is 0.247 e. The summed E-state index contributed by atoms with van der Waals surface area (Å²) >= 11 is 0. The molecule has 1 aromatic rings. The van der Waals surface area contributed by atoms with Gasteiger partial charge in [-0.3, -0.25) is 4.79 Å². The summed E-state index contributed by atoms with van der Waals surface area (Å²) in [6.45, 7) is 0.362. The van der Waals surface area contributed by atoms with Gasteiger partial charge in [0.05, 0.1) is 7.11 Å². The lowest BCUT2D eigenvalue weighted by molar-refractivity contribution is -0.125. The first kappa shape index (κ1) is 13.3. The number of ether oxygens (including phenoxy) is 1. The van der Waals surface area contributed by atoms with Crippen molar-refractivity contribution < 1.29 is 19.7 Å². The van der Waals surface area contributed by atoms with E-state index in [2.05, 4.69) is 5.32 Å². The number of nitrogens with one attached hydrogen (secondary N) is 1. The lowest BCUT2D eigenvalue weighted by Gasteiger charge is -2.10. The van der Waals surface area contributed by atoms with E-state index in [4.69, 9.17) is 15.6 Å².